The van der Waals surface area contributed by atoms with E-state index in [-0.39, 0.29) is 42.2 Å². The molecule has 1 heterocycles. The molecule has 1 aliphatic rings. The molecule has 4 rings (SSSR count). The predicted molar refractivity (Wildman–Crippen MR) is 138 cm³/mol. The van der Waals surface area contributed by atoms with Crippen LogP contribution in [0.25, 0.3) is 5.83 Å². The zero-order valence-corrected chi connectivity index (χ0v) is 22.8. The highest BCUT2D eigenvalue weighted by Gasteiger charge is 2.68. The van der Waals surface area contributed by atoms with Crippen molar-refractivity contribution in [1.82, 2.24) is 0 Å². The largest absolute Gasteiger partial charge is 0.373 e. The first kappa shape index (κ1) is 31.9. The average Bonchev–Trinajstić information content (AvgIpc) is 2.90. The Morgan fingerprint density at radius 1 is 0.762 bits per heavy atom. The maximum absolute atomic E-state index is 14.8. The van der Waals surface area contributed by atoms with Gasteiger partial charge in [-0.05, 0) is 73.1 Å². The summed E-state index contributed by atoms with van der Waals surface area (Å²) in [6.45, 7) is 1.68. The molecular weight excluding hydrogens is 605 g/mol. The molecule has 1 saturated heterocycles. The zero-order chi connectivity index (χ0) is 31.1. The van der Waals surface area contributed by atoms with Crippen LogP contribution < -0.4 is 0 Å². The second-order valence-corrected chi connectivity index (χ2v) is 12.5. The molecule has 230 valence electrons. The molecular formula is C29H25F11OS. The quantitative estimate of drug-likeness (QED) is 0.225. The Morgan fingerprint density at radius 3 is 1.81 bits per heavy atom. The summed E-state index contributed by atoms with van der Waals surface area (Å²) < 4.78 is 155. The van der Waals surface area contributed by atoms with Crippen LogP contribution in [0.2, 0.25) is 0 Å². The Labute approximate surface area is 234 Å². The van der Waals surface area contributed by atoms with Gasteiger partial charge in [-0.15, -0.1) is 0 Å². The molecule has 0 bridgehead atoms. The molecule has 1 nitrogen and oxygen atoms in total. The van der Waals surface area contributed by atoms with Crippen molar-refractivity contribution in [2.75, 3.05) is 6.61 Å². The van der Waals surface area contributed by atoms with Crippen LogP contribution in [0.15, 0.2) is 59.3 Å². The molecule has 13 heteroatoms. The normalized spacial score (nSPS) is 20.1. The Morgan fingerprint density at radius 2 is 1.33 bits per heavy atom. The van der Waals surface area contributed by atoms with Crippen molar-refractivity contribution in [2.45, 2.75) is 55.9 Å². The fraction of sp³-hybridized carbons (Fsp3) is 0.310. The van der Waals surface area contributed by atoms with E-state index in [1.165, 1.54) is 19.1 Å². The fourth-order valence-corrected chi connectivity index (χ4v) is 5.79. The van der Waals surface area contributed by atoms with Gasteiger partial charge in [0.1, 0.15) is 29.1 Å². The Bertz CT molecular complexity index is 1460. The Hall–Kier alpha value is -3.06. The third-order valence-corrected chi connectivity index (χ3v) is 8.26. The van der Waals surface area contributed by atoms with Gasteiger partial charge in [-0.3, -0.25) is 0 Å². The maximum Gasteiger partial charge on any atom is 0.315 e. The highest BCUT2D eigenvalue weighted by molar-refractivity contribution is 8.45. The summed E-state index contributed by atoms with van der Waals surface area (Å²) in [4.78, 5) is -3.26. The van der Waals surface area contributed by atoms with Crippen molar-refractivity contribution in [3.8, 4) is 0 Å². The minimum Gasteiger partial charge on any atom is -0.373 e. The van der Waals surface area contributed by atoms with Gasteiger partial charge in [-0.25, -0.2) is 26.3 Å². The summed E-state index contributed by atoms with van der Waals surface area (Å²) in [6, 6.07) is 8.40. The first-order valence-corrected chi connectivity index (χ1v) is 14.8. The van der Waals surface area contributed by atoms with Crippen molar-refractivity contribution in [2.24, 2.45) is 0 Å². The molecule has 1 aliphatic heterocycles. The standard InChI is InChI=1S/C29H25F11OS/c1-2-22(30)28(35)18-6-4-17(5-7-18)19-8-10-27(41-15-19)20-13-23(31)21(24(32)14-20)9-3-16-11-25(33)29(26(34)12-16)42(36,37,38,39)40/h4-7,11-14,19,27H,2-3,8-10,15H2,1H3. The first-order valence-electron chi connectivity index (χ1n) is 12.8. The molecule has 0 N–H and O–H groups in total. The number of hydrogen-bond acceptors (Lipinski definition) is 1. The summed E-state index contributed by atoms with van der Waals surface area (Å²) in [5.41, 5.74) is 0.0987. The fourth-order valence-electron chi connectivity index (χ4n) is 4.93. The van der Waals surface area contributed by atoms with E-state index in [0.29, 0.717) is 12.8 Å². The van der Waals surface area contributed by atoms with Crippen LogP contribution in [0.5, 0.6) is 0 Å². The molecule has 0 spiro atoms. The van der Waals surface area contributed by atoms with Crippen LogP contribution in [-0.4, -0.2) is 6.61 Å². The van der Waals surface area contributed by atoms with E-state index in [2.05, 4.69) is 0 Å². The van der Waals surface area contributed by atoms with Crippen molar-refractivity contribution in [3.05, 3.63) is 105 Å². The summed E-state index contributed by atoms with van der Waals surface area (Å²) in [6.07, 6.45) is -0.859. The van der Waals surface area contributed by atoms with E-state index in [9.17, 15) is 45.8 Å². The minimum atomic E-state index is -10.6. The molecule has 0 saturated carbocycles. The van der Waals surface area contributed by atoms with Crippen molar-refractivity contribution < 1.29 is 50.5 Å². The van der Waals surface area contributed by atoms with Crippen LogP contribution in [-0.2, 0) is 17.6 Å². The smallest absolute Gasteiger partial charge is 0.315 e. The number of hydrogen-bond donors (Lipinski definition) is 0. The highest BCUT2D eigenvalue weighted by Crippen LogP contribution is 3.02. The van der Waals surface area contributed by atoms with Gasteiger partial charge in [-0.1, -0.05) is 50.6 Å². The SMILES string of the molecule is CCC(F)=C(F)c1ccc(C2CCC(c3cc(F)c(CCc4cc(F)c(S(F)(F)(F)(F)F)c(F)c4)c(F)c3)OC2)cc1. The molecule has 2 atom stereocenters. The monoisotopic (exact) mass is 630 g/mol. The maximum atomic E-state index is 14.8. The van der Waals surface area contributed by atoms with Gasteiger partial charge in [0.2, 0.25) is 0 Å². The summed E-state index contributed by atoms with van der Waals surface area (Å²) in [5, 5.41) is 0. The first-order chi connectivity index (χ1) is 19.4. The van der Waals surface area contributed by atoms with E-state index in [0.717, 1.165) is 17.7 Å². The number of aryl methyl sites for hydroxylation is 1. The molecule has 0 aliphatic carbocycles. The minimum absolute atomic E-state index is 0.0665. The Kier molecular flexibility index (Phi) is 8.26. The summed E-state index contributed by atoms with van der Waals surface area (Å²) >= 11 is 0. The molecule has 3 aromatic carbocycles. The average molecular weight is 631 g/mol. The lowest BCUT2D eigenvalue weighted by atomic mass is 9.88. The van der Waals surface area contributed by atoms with Gasteiger partial charge < -0.3 is 4.74 Å². The summed E-state index contributed by atoms with van der Waals surface area (Å²) in [7, 11) is -10.6. The third-order valence-electron chi connectivity index (χ3n) is 7.10. The van der Waals surface area contributed by atoms with Crippen LogP contribution in [0, 0.1) is 23.3 Å². The zero-order valence-electron chi connectivity index (χ0n) is 22.0. The number of allylic oxidation sites excluding steroid dienone is 1. The second kappa shape index (κ2) is 10.9. The van der Waals surface area contributed by atoms with Crippen molar-refractivity contribution in [3.63, 3.8) is 0 Å². The number of ether oxygens (including phenoxy) is 1. The van der Waals surface area contributed by atoms with Gasteiger partial charge in [-0.2, -0.15) is 0 Å². The highest BCUT2D eigenvalue weighted by atomic mass is 32.5. The predicted octanol–water partition coefficient (Wildman–Crippen LogP) is 11.3. The second-order valence-electron chi connectivity index (χ2n) is 10.1. The van der Waals surface area contributed by atoms with Crippen molar-refractivity contribution >= 4 is 16.1 Å². The lowest BCUT2D eigenvalue weighted by Crippen LogP contribution is -2.20. The molecule has 0 aromatic heterocycles. The molecule has 2 unspecified atom stereocenters. The molecule has 42 heavy (non-hydrogen) atoms. The van der Waals surface area contributed by atoms with E-state index in [4.69, 9.17) is 4.74 Å². The van der Waals surface area contributed by atoms with E-state index in [1.54, 1.807) is 12.1 Å². The van der Waals surface area contributed by atoms with Crippen LogP contribution in [0.1, 0.15) is 66.0 Å². The van der Waals surface area contributed by atoms with Gasteiger partial charge in [0, 0.05) is 17.0 Å². The number of halogens is 11. The van der Waals surface area contributed by atoms with Gasteiger partial charge in [0.15, 0.2) is 10.7 Å². The van der Waals surface area contributed by atoms with Crippen LogP contribution >= 0.6 is 10.2 Å². The molecule has 1 fully saturated rings. The molecule has 0 amide bonds. The molecule has 0 radical (unpaired) electrons. The van der Waals surface area contributed by atoms with E-state index >= 15 is 0 Å². The van der Waals surface area contributed by atoms with Crippen LogP contribution in [0.4, 0.5) is 45.8 Å². The topological polar surface area (TPSA) is 9.23 Å². The molecule has 3 aromatic rings. The van der Waals surface area contributed by atoms with Gasteiger partial charge in [0.05, 0.1) is 12.7 Å². The Balaban J connectivity index is 1.42. The number of benzene rings is 3. The third kappa shape index (κ3) is 7.11. The van der Waals surface area contributed by atoms with E-state index < -0.39 is 80.1 Å². The lowest BCUT2D eigenvalue weighted by molar-refractivity contribution is 0.00203. The van der Waals surface area contributed by atoms with E-state index in [1.807, 2.05) is 0 Å². The van der Waals surface area contributed by atoms with Crippen molar-refractivity contribution in [1.29, 1.82) is 0 Å². The number of rotatable bonds is 8. The van der Waals surface area contributed by atoms with Crippen LogP contribution in [0.3, 0.4) is 0 Å². The van der Waals surface area contributed by atoms with Gasteiger partial charge >= 0.3 is 10.2 Å². The summed E-state index contributed by atoms with van der Waals surface area (Å²) in [5.74, 6) is -8.96. The van der Waals surface area contributed by atoms with Gasteiger partial charge in [0.25, 0.3) is 0 Å². The lowest BCUT2D eigenvalue weighted by Gasteiger charge is -2.40.